The maximum Gasteiger partial charge on any atom is 0.255 e. The molecule has 22 heavy (non-hydrogen) atoms. The fourth-order valence-electron chi connectivity index (χ4n) is 2.17. The molecule has 2 aromatic carbocycles. The van der Waals surface area contributed by atoms with Crippen LogP contribution in [0.15, 0.2) is 40.9 Å². The molecule has 1 heterocycles. The van der Waals surface area contributed by atoms with Crippen molar-refractivity contribution in [2.45, 2.75) is 6.54 Å². The van der Waals surface area contributed by atoms with E-state index >= 15 is 0 Å². The second kappa shape index (κ2) is 6.27. The first-order valence-corrected chi connectivity index (χ1v) is 7.58. The zero-order chi connectivity index (χ0) is 15.5. The number of aromatic hydroxyl groups is 1. The fraction of sp³-hybridized carbons (Fsp3) is 0.188. The zero-order valence-corrected chi connectivity index (χ0v) is 13.2. The summed E-state index contributed by atoms with van der Waals surface area (Å²) in [5, 5.41) is 12.5. The van der Waals surface area contributed by atoms with E-state index in [1.54, 1.807) is 12.1 Å². The predicted molar refractivity (Wildman–Crippen MR) is 84.4 cm³/mol. The molecule has 0 saturated carbocycles. The third kappa shape index (κ3) is 3.17. The zero-order valence-electron chi connectivity index (χ0n) is 11.6. The number of hydrogen-bond acceptors (Lipinski definition) is 4. The van der Waals surface area contributed by atoms with Gasteiger partial charge in [-0.3, -0.25) is 4.79 Å². The molecule has 5 nitrogen and oxygen atoms in total. The van der Waals surface area contributed by atoms with E-state index in [1.807, 2.05) is 18.2 Å². The molecule has 0 unspecified atom stereocenters. The van der Waals surface area contributed by atoms with Crippen LogP contribution in [0.25, 0.3) is 0 Å². The van der Waals surface area contributed by atoms with Gasteiger partial charge in [-0.1, -0.05) is 22.0 Å². The largest absolute Gasteiger partial charge is 0.507 e. The van der Waals surface area contributed by atoms with Crippen LogP contribution in [0.4, 0.5) is 0 Å². The lowest BCUT2D eigenvalue weighted by atomic mass is 10.1. The van der Waals surface area contributed by atoms with Crippen LogP contribution in [-0.4, -0.2) is 24.2 Å². The summed E-state index contributed by atoms with van der Waals surface area (Å²) in [6.07, 6.45) is 0. The molecule has 0 bridgehead atoms. The van der Waals surface area contributed by atoms with E-state index in [0.717, 1.165) is 10.0 Å². The van der Waals surface area contributed by atoms with Crippen molar-refractivity contribution < 1.29 is 19.4 Å². The molecule has 0 saturated heterocycles. The number of phenolic OH excluding ortho intramolecular Hbond substituents is 1. The highest BCUT2D eigenvalue weighted by Gasteiger charge is 2.14. The monoisotopic (exact) mass is 363 g/mol. The lowest BCUT2D eigenvalue weighted by Gasteiger charge is -2.19. The van der Waals surface area contributed by atoms with Gasteiger partial charge in [0.05, 0.1) is 5.56 Å². The summed E-state index contributed by atoms with van der Waals surface area (Å²) in [4.78, 5) is 12.1. The minimum absolute atomic E-state index is 0.0529. The summed E-state index contributed by atoms with van der Waals surface area (Å²) in [5.41, 5.74) is 1.12. The number of hydrogen-bond donors (Lipinski definition) is 2. The molecule has 114 valence electrons. The molecule has 2 N–H and O–H groups in total. The number of rotatable bonds is 3. The highest BCUT2D eigenvalue weighted by molar-refractivity contribution is 9.10. The van der Waals surface area contributed by atoms with E-state index in [1.165, 1.54) is 6.07 Å². The van der Waals surface area contributed by atoms with Crippen LogP contribution >= 0.6 is 15.9 Å². The summed E-state index contributed by atoms with van der Waals surface area (Å²) >= 11 is 3.28. The summed E-state index contributed by atoms with van der Waals surface area (Å²) in [7, 11) is 0. The van der Waals surface area contributed by atoms with Gasteiger partial charge in [-0.05, 0) is 35.9 Å². The molecule has 0 fully saturated rings. The van der Waals surface area contributed by atoms with Crippen molar-refractivity contribution in [1.82, 2.24) is 5.32 Å². The molecule has 1 aliphatic rings. The van der Waals surface area contributed by atoms with Crippen molar-refractivity contribution in [3.05, 3.63) is 52.0 Å². The van der Waals surface area contributed by atoms with Gasteiger partial charge >= 0.3 is 0 Å². The van der Waals surface area contributed by atoms with Gasteiger partial charge in [0.2, 0.25) is 0 Å². The van der Waals surface area contributed by atoms with Crippen molar-refractivity contribution in [3.63, 3.8) is 0 Å². The predicted octanol–water partition coefficient (Wildman–Crippen LogP) is 2.86. The Labute approximate surface area is 136 Å². The van der Waals surface area contributed by atoms with Crippen LogP contribution in [-0.2, 0) is 6.54 Å². The summed E-state index contributed by atoms with van der Waals surface area (Å²) in [6, 6.07) is 10.3. The number of amides is 1. The van der Waals surface area contributed by atoms with Crippen LogP contribution in [0.1, 0.15) is 15.9 Å². The standard InChI is InChI=1S/C16H14BrNO4/c17-11-2-3-13(19)12(8-11)16(20)18-9-10-1-4-14-15(7-10)22-6-5-21-14/h1-4,7-8,19H,5-6,9H2,(H,18,20). The quantitative estimate of drug-likeness (QED) is 0.879. The van der Waals surface area contributed by atoms with Crippen molar-refractivity contribution in [3.8, 4) is 17.2 Å². The van der Waals surface area contributed by atoms with Crippen LogP contribution in [0.3, 0.4) is 0 Å². The Morgan fingerprint density at radius 2 is 1.91 bits per heavy atom. The van der Waals surface area contributed by atoms with Gasteiger partial charge < -0.3 is 19.9 Å². The van der Waals surface area contributed by atoms with Crippen LogP contribution in [0.2, 0.25) is 0 Å². The first kappa shape index (κ1) is 14.7. The lowest BCUT2D eigenvalue weighted by Crippen LogP contribution is -2.23. The summed E-state index contributed by atoms with van der Waals surface area (Å²) in [5.74, 6) is 1.01. The molecule has 0 radical (unpaired) electrons. The maximum atomic E-state index is 12.1. The van der Waals surface area contributed by atoms with Gasteiger partial charge in [0.25, 0.3) is 5.91 Å². The van der Waals surface area contributed by atoms with E-state index in [-0.39, 0.29) is 17.2 Å². The van der Waals surface area contributed by atoms with Gasteiger partial charge in [-0.25, -0.2) is 0 Å². The second-order valence-electron chi connectivity index (χ2n) is 4.82. The first-order chi connectivity index (χ1) is 10.6. The second-order valence-corrected chi connectivity index (χ2v) is 5.74. The summed E-state index contributed by atoms with van der Waals surface area (Å²) < 4.78 is 11.7. The Balaban J connectivity index is 1.69. The third-order valence-corrected chi connectivity index (χ3v) is 3.76. The maximum absolute atomic E-state index is 12.1. The van der Waals surface area contributed by atoms with Crippen molar-refractivity contribution in [1.29, 1.82) is 0 Å². The van der Waals surface area contributed by atoms with Crippen molar-refractivity contribution in [2.24, 2.45) is 0 Å². The van der Waals surface area contributed by atoms with E-state index in [0.29, 0.717) is 31.3 Å². The Kier molecular flexibility index (Phi) is 4.20. The molecule has 3 rings (SSSR count). The molecular formula is C16H14BrNO4. The first-order valence-electron chi connectivity index (χ1n) is 6.79. The average Bonchev–Trinajstić information content (AvgIpc) is 2.54. The topological polar surface area (TPSA) is 67.8 Å². The molecule has 1 aliphatic heterocycles. The normalized spacial score (nSPS) is 12.8. The molecule has 0 aliphatic carbocycles. The summed E-state index contributed by atoms with van der Waals surface area (Å²) in [6.45, 7) is 1.40. The van der Waals surface area contributed by atoms with Crippen molar-refractivity contribution in [2.75, 3.05) is 13.2 Å². The number of halogens is 1. The van der Waals surface area contributed by atoms with E-state index < -0.39 is 0 Å². The Morgan fingerprint density at radius 1 is 1.14 bits per heavy atom. The molecule has 0 atom stereocenters. The number of nitrogens with one attached hydrogen (secondary N) is 1. The van der Waals surface area contributed by atoms with E-state index in [9.17, 15) is 9.90 Å². The van der Waals surface area contributed by atoms with Gasteiger partial charge in [0.15, 0.2) is 11.5 Å². The number of fused-ring (bicyclic) bond motifs is 1. The van der Waals surface area contributed by atoms with E-state index in [4.69, 9.17) is 9.47 Å². The molecule has 6 heteroatoms. The number of benzene rings is 2. The third-order valence-electron chi connectivity index (χ3n) is 3.26. The van der Waals surface area contributed by atoms with E-state index in [2.05, 4.69) is 21.2 Å². The Bertz CT molecular complexity index is 717. The molecule has 1 amide bonds. The van der Waals surface area contributed by atoms with Crippen LogP contribution in [0, 0.1) is 0 Å². The van der Waals surface area contributed by atoms with Gasteiger partial charge in [0, 0.05) is 11.0 Å². The molecular weight excluding hydrogens is 350 g/mol. The number of ether oxygens (including phenoxy) is 2. The average molecular weight is 364 g/mol. The molecule has 2 aromatic rings. The highest BCUT2D eigenvalue weighted by atomic mass is 79.9. The Morgan fingerprint density at radius 3 is 2.73 bits per heavy atom. The van der Waals surface area contributed by atoms with Gasteiger partial charge in [-0.2, -0.15) is 0 Å². The minimum Gasteiger partial charge on any atom is -0.507 e. The minimum atomic E-state index is -0.339. The van der Waals surface area contributed by atoms with Crippen LogP contribution in [0.5, 0.6) is 17.2 Å². The SMILES string of the molecule is O=C(NCc1ccc2c(c1)OCCO2)c1cc(Br)ccc1O. The Hall–Kier alpha value is -2.21. The fourth-order valence-corrected chi connectivity index (χ4v) is 2.53. The smallest absolute Gasteiger partial charge is 0.255 e. The number of carbonyl (C=O) groups excluding carboxylic acids is 1. The highest BCUT2D eigenvalue weighted by Crippen LogP contribution is 2.30. The van der Waals surface area contributed by atoms with Gasteiger partial charge in [-0.15, -0.1) is 0 Å². The molecule has 0 aromatic heterocycles. The molecule has 0 spiro atoms. The van der Waals surface area contributed by atoms with Gasteiger partial charge in [0.1, 0.15) is 19.0 Å². The lowest BCUT2D eigenvalue weighted by molar-refractivity contribution is 0.0948. The number of phenols is 1. The number of carbonyl (C=O) groups is 1. The van der Waals surface area contributed by atoms with Crippen LogP contribution < -0.4 is 14.8 Å². The van der Waals surface area contributed by atoms with Crippen molar-refractivity contribution >= 4 is 21.8 Å².